The summed E-state index contributed by atoms with van der Waals surface area (Å²) < 4.78 is 13.6. The molecule has 6 heteroatoms. The molecule has 0 aromatic heterocycles. The average molecular weight is 359 g/mol. The first kappa shape index (κ1) is 15.6. The predicted molar refractivity (Wildman–Crippen MR) is 72.3 cm³/mol. The Morgan fingerprint density at radius 3 is 2.81 bits per heavy atom. The fourth-order valence-corrected chi connectivity index (χ4v) is 1.61. The molecule has 0 saturated heterocycles. The molecule has 0 radical (unpaired) electrons. The van der Waals surface area contributed by atoms with Gasteiger partial charge in [0.2, 0.25) is 0 Å². The minimum Gasteiger partial charge on any atom is -0.348 e. The van der Waals surface area contributed by atoms with Gasteiger partial charge in [-0.05, 0) is 47.7 Å². The minimum atomic E-state index is -0.416. The van der Waals surface area contributed by atoms with Crippen LogP contribution in [-0.2, 0) is 0 Å². The molecule has 0 aliphatic rings. The van der Waals surface area contributed by atoms with Crippen molar-refractivity contribution in [1.82, 2.24) is 5.32 Å². The minimum absolute atomic E-state index is 0. The zero-order chi connectivity index (χ0) is 11.4. The number of carbonyl (C=O) groups excluding carboxylic acids is 1. The van der Waals surface area contributed by atoms with E-state index in [0.717, 1.165) is 3.57 Å². The Morgan fingerprint density at radius 2 is 2.25 bits per heavy atom. The van der Waals surface area contributed by atoms with Crippen molar-refractivity contribution in [2.45, 2.75) is 13.0 Å². The van der Waals surface area contributed by atoms with E-state index in [1.165, 1.54) is 12.1 Å². The van der Waals surface area contributed by atoms with E-state index < -0.39 is 5.82 Å². The Hall–Kier alpha value is -0.400. The molecule has 1 aromatic rings. The SMILES string of the molecule is C[C@H](CN)NC(=O)c1cc(F)ccc1I.Cl. The quantitative estimate of drug-likeness (QED) is 0.811. The number of hydrogen-bond acceptors (Lipinski definition) is 2. The maximum Gasteiger partial charge on any atom is 0.252 e. The Morgan fingerprint density at radius 1 is 1.62 bits per heavy atom. The average Bonchev–Trinajstić information content (AvgIpc) is 2.21. The predicted octanol–water partition coefficient (Wildman–Crippen LogP) is 1.93. The third kappa shape index (κ3) is 4.23. The first-order valence-corrected chi connectivity index (χ1v) is 5.58. The van der Waals surface area contributed by atoms with Gasteiger partial charge in [-0.3, -0.25) is 4.79 Å². The number of nitrogens with two attached hydrogens (primary N) is 1. The molecule has 1 aromatic carbocycles. The second-order valence-corrected chi connectivity index (χ2v) is 4.40. The molecule has 0 heterocycles. The van der Waals surface area contributed by atoms with E-state index in [2.05, 4.69) is 5.32 Å². The van der Waals surface area contributed by atoms with Gasteiger partial charge in [0.25, 0.3) is 5.91 Å². The van der Waals surface area contributed by atoms with Gasteiger partial charge >= 0.3 is 0 Å². The Kier molecular flexibility index (Phi) is 6.85. The van der Waals surface area contributed by atoms with Crippen molar-refractivity contribution in [2.24, 2.45) is 5.73 Å². The number of carbonyl (C=O) groups is 1. The van der Waals surface area contributed by atoms with Gasteiger partial charge in [-0.2, -0.15) is 0 Å². The largest absolute Gasteiger partial charge is 0.348 e. The van der Waals surface area contributed by atoms with Gasteiger partial charge in [0.15, 0.2) is 0 Å². The van der Waals surface area contributed by atoms with Crippen LogP contribution in [0.3, 0.4) is 0 Å². The highest BCUT2D eigenvalue weighted by Gasteiger charge is 2.12. The van der Waals surface area contributed by atoms with Gasteiger partial charge in [0, 0.05) is 16.2 Å². The van der Waals surface area contributed by atoms with Crippen molar-refractivity contribution in [3.8, 4) is 0 Å². The van der Waals surface area contributed by atoms with Crippen molar-refractivity contribution in [1.29, 1.82) is 0 Å². The first-order valence-electron chi connectivity index (χ1n) is 4.50. The number of amides is 1. The molecule has 0 aliphatic heterocycles. The molecule has 90 valence electrons. The van der Waals surface area contributed by atoms with E-state index in [4.69, 9.17) is 5.73 Å². The van der Waals surface area contributed by atoms with Crippen molar-refractivity contribution in [3.05, 3.63) is 33.1 Å². The van der Waals surface area contributed by atoms with Gasteiger partial charge in [0.05, 0.1) is 5.56 Å². The molecular formula is C10H13ClFIN2O. The molecule has 0 fully saturated rings. The standard InChI is InChI=1S/C10H12FIN2O.ClH/c1-6(5-13)14-10(15)8-4-7(11)2-3-9(8)12;/h2-4,6H,5,13H2,1H3,(H,14,15);1H/t6-;/m1./s1. The normalized spacial score (nSPS) is 11.5. The number of hydrogen-bond donors (Lipinski definition) is 2. The summed E-state index contributed by atoms with van der Waals surface area (Å²) in [5.41, 5.74) is 5.72. The topological polar surface area (TPSA) is 55.1 Å². The lowest BCUT2D eigenvalue weighted by atomic mass is 10.2. The van der Waals surface area contributed by atoms with Crippen LogP contribution in [0.4, 0.5) is 4.39 Å². The molecule has 0 unspecified atom stereocenters. The van der Waals surface area contributed by atoms with Crippen molar-refractivity contribution in [2.75, 3.05) is 6.54 Å². The summed E-state index contributed by atoms with van der Waals surface area (Å²) in [6, 6.07) is 4.00. The van der Waals surface area contributed by atoms with E-state index in [9.17, 15) is 9.18 Å². The second-order valence-electron chi connectivity index (χ2n) is 3.23. The molecular weight excluding hydrogens is 345 g/mol. The maximum absolute atomic E-state index is 12.9. The Balaban J connectivity index is 0.00000225. The monoisotopic (exact) mass is 358 g/mol. The van der Waals surface area contributed by atoms with E-state index in [-0.39, 0.29) is 24.4 Å². The molecule has 1 amide bonds. The summed E-state index contributed by atoms with van der Waals surface area (Å²) in [6.07, 6.45) is 0. The van der Waals surface area contributed by atoms with Gasteiger partial charge in [-0.15, -0.1) is 12.4 Å². The first-order chi connectivity index (χ1) is 7.04. The van der Waals surface area contributed by atoms with Crippen LogP contribution in [0, 0.1) is 9.39 Å². The molecule has 3 nitrogen and oxygen atoms in total. The van der Waals surface area contributed by atoms with Crippen LogP contribution in [0.5, 0.6) is 0 Å². The number of halogens is 3. The van der Waals surface area contributed by atoms with Gasteiger partial charge in [0.1, 0.15) is 5.82 Å². The molecule has 1 rings (SSSR count). The highest BCUT2D eigenvalue weighted by Crippen LogP contribution is 2.13. The summed E-state index contributed by atoms with van der Waals surface area (Å²) in [6.45, 7) is 2.15. The van der Waals surface area contributed by atoms with Gasteiger partial charge in [-0.25, -0.2) is 4.39 Å². The van der Waals surface area contributed by atoms with E-state index in [1.807, 2.05) is 22.6 Å². The van der Waals surface area contributed by atoms with Crippen LogP contribution in [0.1, 0.15) is 17.3 Å². The molecule has 3 N–H and O–H groups in total. The highest BCUT2D eigenvalue weighted by molar-refractivity contribution is 14.1. The smallest absolute Gasteiger partial charge is 0.252 e. The van der Waals surface area contributed by atoms with Crippen LogP contribution in [0.25, 0.3) is 0 Å². The third-order valence-electron chi connectivity index (χ3n) is 1.90. The zero-order valence-corrected chi connectivity index (χ0v) is 11.6. The number of rotatable bonds is 3. The summed E-state index contributed by atoms with van der Waals surface area (Å²) in [4.78, 5) is 11.6. The lowest BCUT2D eigenvalue weighted by Crippen LogP contribution is -2.38. The van der Waals surface area contributed by atoms with Crippen LogP contribution in [0.2, 0.25) is 0 Å². The fraction of sp³-hybridized carbons (Fsp3) is 0.300. The van der Waals surface area contributed by atoms with Crippen molar-refractivity contribution < 1.29 is 9.18 Å². The summed E-state index contributed by atoms with van der Waals surface area (Å²) in [5.74, 6) is -0.710. The van der Waals surface area contributed by atoms with Crippen LogP contribution in [-0.4, -0.2) is 18.5 Å². The molecule has 0 bridgehead atoms. The Bertz CT molecular complexity index is 376. The zero-order valence-electron chi connectivity index (χ0n) is 8.67. The van der Waals surface area contributed by atoms with E-state index in [0.29, 0.717) is 12.1 Å². The molecule has 1 atom stereocenters. The van der Waals surface area contributed by atoms with Crippen LogP contribution in [0.15, 0.2) is 18.2 Å². The lowest BCUT2D eigenvalue weighted by Gasteiger charge is -2.12. The van der Waals surface area contributed by atoms with Crippen molar-refractivity contribution >= 4 is 40.9 Å². The van der Waals surface area contributed by atoms with E-state index in [1.54, 1.807) is 13.0 Å². The van der Waals surface area contributed by atoms with Crippen LogP contribution >= 0.6 is 35.0 Å². The lowest BCUT2D eigenvalue weighted by molar-refractivity contribution is 0.0940. The summed E-state index contributed by atoms with van der Waals surface area (Å²) >= 11 is 1.99. The highest BCUT2D eigenvalue weighted by atomic mass is 127. The van der Waals surface area contributed by atoms with Gasteiger partial charge in [-0.1, -0.05) is 0 Å². The van der Waals surface area contributed by atoms with E-state index >= 15 is 0 Å². The van der Waals surface area contributed by atoms with Crippen LogP contribution < -0.4 is 11.1 Å². The Labute approximate surface area is 114 Å². The third-order valence-corrected chi connectivity index (χ3v) is 2.84. The maximum atomic E-state index is 12.9. The second kappa shape index (κ2) is 7.03. The molecule has 16 heavy (non-hydrogen) atoms. The summed E-state index contributed by atoms with van der Waals surface area (Å²) in [7, 11) is 0. The number of nitrogens with one attached hydrogen (secondary N) is 1. The van der Waals surface area contributed by atoms with Gasteiger partial charge < -0.3 is 11.1 Å². The molecule has 0 spiro atoms. The number of benzene rings is 1. The molecule has 0 saturated carbocycles. The fourth-order valence-electron chi connectivity index (χ4n) is 1.03. The molecule has 0 aliphatic carbocycles. The van der Waals surface area contributed by atoms with Crippen molar-refractivity contribution in [3.63, 3.8) is 0 Å². The summed E-state index contributed by atoms with van der Waals surface area (Å²) in [5, 5.41) is 2.68.